The Morgan fingerprint density at radius 2 is 1.48 bits per heavy atom. The molecule has 0 bridgehead atoms. The number of aryl methyl sites for hydroxylation is 1. The Morgan fingerprint density at radius 3 is 2.00 bits per heavy atom. The maximum atomic E-state index is 12.7. The molecule has 12 heteroatoms. The van der Waals surface area contributed by atoms with Crippen LogP contribution in [0.2, 0.25) is 14.8 Å². The number of carboxylic acids is 2. The van der Waals surface area contributed by atoms with Gasteiger partial charge in [-0.2, -0.15) is 0 Å². The van der Waals surface area contributed by atoms with Gasteiger partial charge in [-0.05, 0) is 27.2 Å². The van der Waals surface area contributed by atoms with Crippen molar-refractivity contribution in [2.45, 2.75) is 98.2 Å². The van der Waals surface area contributed by atoms with E-state index in [0.29, 0.717) is 32.2 Å². The number of nitrogens with one attached hydrogen (secondary N) is 3. The summed E-state index contributed by atoms with van der Waals surface area (Å²) >= 11 is -2.09. The average Bonchev–Trinajstić information content (AvgIpc) is 2.82. The number of hydrogen-bond donors (Lipinski definition) is 5. The first kappa shape index (κ1) is 35.2. The van der Waals surface area contributed by atoms with Crippen molar-refractivity contribution in [2.24, 2.45) is 0 Å². The molecule has 2 atom stereocenters. The molecule has 0 fully saturated rings. The van der Waals surface area contributed by atoms with E-state index in [2.05, 4.69) is 55.0 Å². The van der Waals surface area contributed by atoms with Crippen LogP contribution < -0.4 is 19.5 Å². The molecule has 0 saturated carbocycles. The first-order chi connectivity index (χ1) is 18.5. The zero-order chi connectivity index (χ0) is 30.5. The first-order valence-corrected chi connectivity index (χ1v) is 23.6. The number of urea groups is 1. The minimum Gasteiger partial charge on any atom is -0.481 e. The Balaban J connectivity index is 2.55. The summed E-state index contributed by atoms with van der Waals surface area (Å²) in [4.78, 5) is 66.6. The number of carbonyl (C=O) groups excluding carboxylic acids is 3. The second-order valence-electron chi connectivity index (χ2n) is 11.8. The quantitative estimate of drug-likeness (QED) is 0.102. The van der Waals surface area contributed by atoms with Crippen molar-refractivity contribution in [2.75, 3.05) is 6.54 Å². The Hall–Kier alpha value is -2.83. The van der Waals surface area contributed by atoms with Gasteiger partial charge in [-0.1, -0.05) is 0 Å². The summed E-state index contributed by atoms with van der Waals surface area (Å²) in [5, 5.41) is 25.6. The fraction of sp³-hybridized carbons (Fsp3) is 0.607. The van der Waals surface area contributed by atoms with Crippen LogP contribution in [0.4, 0.5) is 4.79 Å². The summed E-state index contributed by atoms with van der Waals surface area (Å²) in [6.45, 7) is 5.46. The molecule has 1 rings (SSSR count). The van der Waals surface area contributed by atoms with Crippen molar-refractivity contribution in [3.05, 3.63) is 29.8 Å². The van der Waals surface area contributed by atoms with Crippen LogP contribution in [0.3, 0.4) is 0 Å². The standard InChI is InChI=1S/C25H36N3O8.3CH3.Sn/c1-25(2,3)36-23(34)19(28-24(35)27-18(22(32)33)13-15-21(30)31)11-7-8-16-26-20(29)14-12-17-9-5-4-6-10-17;;;;/h5-6,9-10,18-19H,7-8,11-16H2,1-3H3,(H,26,29)(H,30,31)(H,32,33)(H2,27,28,35);3*1H3;/t18-,19-;;;;/m0..../s1. The van der Waals surface area contributed by atoms with Crippen LogP contribution in [0, 0.1) is 0 Å². The van der Waals surface area contributed by atoms with Gasteiger partial charge in [0.25, 0.3) is 0 Å². The van der Waals surface area contributed by atoms with E-state index in [-0.39, 0.29) is 18.7 Å². The van der Waals surface area contributed by atoms with Gasteiger partial charge in [0, 0.05) is 6.42 Å². The third-order valence-corrected chi connectivity index (χ3v) is 11.8. The first-order valence-electron chi connectivity index (χ1n) is 13.6. The topological polar surface area (TPSA) is 171 Å². The van der Waals surface area contributed by atoms with Crippen LogP contribution in [0.5, 0.6) is 0 Å². The fourth-order valence-corrected chi connectivity index (χ4v) is 7.05. The van der Waals surface area contributed by atoms with Crippen LogP contribution >= 0.6 is 0 Å². The number of esters is 1. The Kier molecular flexibility index (Phi) is 14.5. The molecule has 0 aliphatic rings. The van der Waals surface area contributed by atoms with Crippen LogP contribution in [0.15, 0.2) is 24.3 Å². The van der Waals surface area contributed by atoms with Crippen LogP contribution in [0.25, 0.3) is 0 Å². The summed E-state index contributed by atoms with van der Waals surface area (Å²) in [5.41, 5.74) is 0.315. The molecule has 0 saturated heterocycles. The zero-order valence-electron chi connectivity index (χ0n) is 24.5. The van der Waals surface area contributed by atoms with Gasteiger partial charge in [0.2, 0.25) is 0 Å². The van der Waals surface area contributed by atoms with Crippen molar-refractivity contribution in [3.63, 3.8) is 0 Å². The zero-order valence-corrected chi connectivity index (χ0v) is 27.3. The van der Waals surface area contributed by atoms with E-state index < -0.39 is 66.4 Å². The van der Waals surface area contributed by atoms with Gasteiger partial charge in [0.15, 0.2) is 0 Å². The molecule has 224 valence electrons. The largest absolute Gasteiger partial charge is 0.481 e. The Bertz CT molecular complexity index is 1020. The normalized spacial score (nSPS) is 13.1. The molecular weight excluding hydrogens is 625 g/mol. The summed E-state index contributed by atoms with van der Waals surface area (Å²) in [7, 11) is 0. The third-order valence-electron chi connectivity index (χ3n) is 5.95. The van der Waals surface area contributed by atoms with Gasteiger partial charge in [0.1, 0.15) is 17.7 Å². The average molecular weight is 670 g/mol. The molecule has 0 heterocycles. The summed E-state index contributed by atoms with van der Waals surface area (Å²) in [5.74, 6) is -3.32. The number of rotatable bonds is 16. The number of hydrogen-bond acceptors (Lipinski definition) is 6. The molecule has 0 spiro atoms. The molecule has 0 aromatic heterocycles. The smallest absolute Gasteiger partial charge is 0.326 e. The summed E-state index contributed by atoms with van der Waals surface area (Å²) in [6, 6.07) is 5.15. The predicted octanol–water partition coefficient (Wildman–Crippen LogP) is 2.78. The SMILES string of the molecule is CC(C)(C)OC(=O)[C@H](CCCCNC(=O)CCc1cc[c]([Sn]([CH3])([CH3])[CH3])cc1)NC(=O)N[C@@H](CCC(=O)O)C(=O)O. The second kappa shape index (κ2) is 16.4. The van der Waals surface area contributed by atoms with E-state index in [0.717, 1.165) is 5.56 Å². The van der Waals surface area contributed by atoms with Crippen LogP contribution in [-0.4, -0.2) is 82.7 Å². The van der Waals surface area contributed by atoms with Crippen molar-refractivity contribution < 1.29 is 38.9 Å². The van der Waals surface area contributed by atoms with Gasteiger partial charge < -0.3 is 25.6 Å². The molecule has 5 N–H and O–H groups in total. The van der Waals surface area contributed by atoms with E-state index in [9.17, 15) is 29.1 Å². The number of amides is 3. The van der Waals surface area contributed by atoms with Gasteiger partial charge in [-0.15, -0.1) is 0 Å². The predicted molar refractivity (Wildman–Crippen MR) is 154 cm³/mol. The van der Waals surface area contributed by atoms with Crippen LogP contribution in [0.1, 0.15) is 64.9 Å². The molecule has 0 aliphatic carbocycles. The minimum atomic E-state index is -2.09. The summed E-state index contributed by atoms with van der Waals surface area (Å²) < 4.78 is 6.83. The van der Waals surface area contributed by atoms with Crippen molar-refractivity contribution >= 4 is 51.8 Å². The van der Waals surface area contributed by atoms with E-state index in [4.69, 9.17) is 9.84 Å². The van der Waals surface area contributed by atoms with E-state index in [1.54, 1.807) is 20.8 Å². The van der Waals surface area contributed by atoms with Gasteiger partial charge in [-0.3, -0.25) is 4.79 Å². The monoisotopic (exact) mass is 671 g/mol. The molecule has 1 aromatic carbocycles. The maximum Gasteiger partial charge on any atom is 0.326 e. The Labute approximate surface area is 240 Å². The molecule has 40 heavy (non-hydrogen) atoms. The molecular formula is C28H45N3O8Sn. The number of benzene rings is 1. The Morgan fingerprint density at radius 1 is 0.875 bits per heavy atom. The van der Waals surface area contributed by atoms with E-state index in [1.165, 1.54) is 3.58 Å². The van der Waals surface area contributed by atoms with Crippen molar-refractivity contribution in [1.82, 2.24) is 16.0 Å². The third kappa shape index (κ3) is 15.1. The van der Waals surface area contributed by atoms with Gasteiger partial charge >= 0.3 is 145 Å². The number of unbranched alkanes of at least 4 members (excludes halogenated alkanes) is 1. The minimum absolute atomic E-state index is 0.0682. The van der Waals surface area contributed by atoms with Gasteiger partial charge in [-0.25, -0.2) is 14.4 Å². The molecule has 3 amide bonds. The number of carbonyl (C=O) groups is 5. The second-order valence-corrected chi connectivity index (χ2v) is 26.3. The van der Waals surface area contributed by atoms with Crippen molar-refractivity contribution in [1.29, 1.82) is 0 Å². The van der Waals surface area contributed by atoms with Gasteiger partial charge in [0.05, 0.1) is 0 Å². The number of aliphatic carboxylic acids is 2. The fourth-order valence-electron chi connectivity index (χ4n) is 3.72. The molecule has 0 unspecified atom stereocenters. The number of carboxylic acid groups (broad SMARTS) is 2. The van der Waals surface area contributed by atoms with Crippen molar-refractivity contribution in [3.8, 4) is 0 Å². The maximum absolute atomic E-state index is 12.7. The number of ether oxygens (including phenoxy) is 1. The van der Waals surface area contributed by atoms with Crippen LogP contribution in [-0.2, 0) is 30.3 Å². The summed E-state index contributed by atoms with van der Waals surface area (Å²) in [6.07, 6.45) is 1.51. The molecule has 0 radical (unpaired) electrons. The molecule has 0 aliphatic heterocycles. The van der Waals surface area contributed by atoms with E-state index in [1.807, 2.05) is 0 Å². The molecule has 1 aromatic rings. The molecule has 11 nitrogen and oxygen atoms in total. The van der Waals surface area contributed by atoms with E-state index >= 15 is 0 Å².